The van der Waals surface area contributed by atoms with E-state index in [1.165, 1.54) is 13.3 Å². The largest absolute Gasteiger partial charge is 0.465 e. The van der Waals surface area contributed by atoms with Crippen LogP contribution >= 0.6 is 0 Å². The normalized spacial score (nSPS) is 10.5. The second-order valence-corrected chi connectivity index (χ2v) is 8.07. The number of aromatic nitrogens is 1. The molecule has 6 nitrogen and oxygen atoms in total. The van der Waals surface area contributed by atoms with Crippen LogP contribution in [-0.2, 0) is 4.74 Å². The molecule has 0 atom stereocenters. The molecule has 0 aliphatic carbocycles. The second-order valence-electron chi connectivity index (χ2n) is 8.07. The molecule has 6 heteroatoms. The maximum absolute atomic E-state index is 13.2. The molecule has 1 amide bonds. The first-order valence-electron chi connectivity index (χ1n) is 11.4. The molecule has 0 radical (unpaired) electrons. The predicted octanol–water partition coefficient (Wildman–Crippen LogP) is 5.91. The number of carbonyl (C=O) groups is 2. The lowest BCUT2D eigenvalue weighted by Gasteiger charge is -2.21. The number of pyridine rings is 1. The molecule has 1 heterocycles. The zero-order valence-corrected chi connectivity index (χ0v) is 20.0. The van der Waals surface area contributed by atoms with Crippen molar-refractivity contribution in [1.82, 2.24) is 4.98 Å². The fourth-order valence-corrected chi connectivity index (χ4v) is 3.87. The van der Waals surface area contributed by atoms with Crippen LogP contribution in [0.3, 0.4) is 0 Å². The van der Waals surface area contributed by atoms with Crippen molar-refractivity contribution in [2.24, 2.45) is 0 Å². The highest BCUT2D eigenvalue weighted by molar-refractivity contribution is 6.09. The molecule has 4 aromatic rings. The lowest BCUT2D eigenvalue weighted by atomic mass is 9.99. The van der Waals surface area contributed by atoms with Gasteiger partial charge in [-0.2, -0.15) is 0 Å². The van der Waals surface area contributed by atoms with Crippen LogP contribution in [-0.4, -0.2) is 37.6 Å². The maximum atomic E-state index is 13.2. The van der Waals surface area contributed by atoms with Crippen LogP contribution in [0.25, 0.3) is 22.3 Å². The van der Waals surface area contributed by atoms with Crippen LogP contribution < -0.4 is 10.2 Å². The fourth-order valence-electron chi connectivity index (χ4n) is 3.87. The number of rotatable bonds is 7. The summed E-state index contributed by atoms with van der Waals surface area (Å²) in [6, 6.07) is 24.9. The molecular formula is C29H27N3O3. The van der Waals surface area contributed by atoms with Crippen molar-refractivity contribution in [3.8, 4) is 22.3 Å². The number of benzene rings is 3. The molecule has 1 aromatic heterocycles. The second kappa shape index (κ2) is 10.7. The summed E-state index contributed by atoms with van der Waals surface area (Å²) in [7, 11) is 3.34. The monoisotopic (exact) mass is 465 g/mol. The standard InChI is InChI=1S/C29H27N3O3/c1-4-32(2)27-13-9-8-12-24(27)21-14-15-25(29(34)35-3)26(17-21)31-28(33)23-16-22(18-30-19-23)20-10-6-5-7-11-20/h5-19H,4H2,1-3H3,(H,31,33). The molecule has 0 saturated carbocycles. The molecule has 35 heavy (non-hydrogen) atoms. The number of para-hydroxylation sites is 1. The molecule has 0 aliphatic heterocycles. The van der Waals surface area contributed by atoms with Crippen molar-refractivity contribution in [3.05, 3.63) is 102 Å². The number of ether oxygens (including phenoxy) is 1. The van der Waals surface area contributed by atoms with Gasteiger partial charge in [-0.1, -0.05) is 54.6 Å². The van der Waals surface area contributed by atoms with E-state index in [1.807, 2.05) is 67.7 Å². The number of hydrogen-bond donors (Lipinski definition) is 1. The molecule has 176 valence electrons. The summed E-state index contributed by atoms with van der Waals surface area (Å²) in [5.41, 5.74) is 5.75. The summed E-state index contributed by atoms with van der Waals surface area (Å²) < 4.78 is 4.96. The molecule has 0 saturated heterocycles. The Labute approximate surface area is 205 Å². The summed E-state index contributed by atoms with van der Waals surface area (Å²) in [5, 5.41) is 2.90. The smallest absolute Gasteiger partial charge is 0.339 e. The molecule has 0 spiro atoms. The van der Waals surface area contributed by atoms with E-state index in [0.29, 0.717) is 11.3 Å². The molecular weight excluding hydrogens is 438 g/mol. The lowest BCUT2D eigenvalue weighted by molar-refractivity contribution is 0.0602. The van der Waals surface area contributed by atoms with Gasteiger partial charge in [-0.05, 0) is 42.3 Å². The first-order chi connectivity index (χ1) is 17.0. The number of nitrogens with one attached hydrogen (secondary N) is 1. The SMILES string of the molecule is CCN(C)c1ccccc1-c1ccc(C(=O)OC)c(NC(=O)c2cncc(-c3ccccc3)c2)c1. The minimum absolute atomic E-state index is 0.276. The van der Waals surface area contributed by atoms with Gasteiger partial charge < -0.3 is 15.0 Å². The number of esters is 1. The molecule has 0 bridgehead atoms. The number of methoxy groups -OCH3 is 1. The van der Waals surface area contributed by atoms with E-state index in [0.717, 1.165) is 34.5 Å². The van der Waals surface area contributed by atoms with Crippen LogP contribution in [0.15, 0.2) is 91.3 Å². The highest BCUT2D eigenvalue weighted by atomic mass is 16.5. The number of hydrogen-bond acceptors (Lipinski definition) is 5. The van der Waals surface area contributed by atoms with Gasteiger partial charge in [0.2, 0.25) is 0 Å². The van der Waals surface area contributed by atoms with E-state index >= 15 is 0 Å². The van der Waals surface area contributed by atoms with Gasteiger partial charge in [-0.3, -0.25) is 9.78 Å². The third-order valence-corrected chi connectivity index (χ3v) is 5.88. The summed E-state index contributed by atoms with van der Waals surface area (Å²) in [4.78, 5) is 32.1. The van der Waals surface area contributed by atoms with Crippen LogP contribution in [0.4, 0.5) is 11.4 Å². The Hall–Kier alpha value is -4.45. The van der Waals surface area contributed by atoms with E-state index in [-0.39, 0.29) is 11.5 Å². The highest BCUT2D eigenvalue weighted by Crippen LogP contribution is 2.33. The van der Waals surface area contributed by atoms with Gasteiger partial charge in [0.1, 0.15) is 0 Å². The Kier molecular flexibility index (Phi) is 7.21. The van der Waals surface area contributed by atoms with Gasteiger partial charge in [0.15, 0.2) is 0 Å². The zero-order chi connectivity index (χ0) is 24.8. The number of anilines is 2. The molecule has 1 N–H and O–H groups in total. The van der Waals surface area contributed by atoms with Gasteiger partial charge in [0.05, 0.1) is 23.9 Å². The topological polar surface area (TPSA) is 71.5 Å². The van der Waals surface area contributed by atoms with E-state index in [9.17, 15) is 9.59 Å². The molecule has 4 rings (SSSR count). The maximum Gasteiger partial charge on any atom is 0.339 e. The Bertz CT molecular complexity index is 1350. The van der Waals surface area contributed by atoms with Crippen LogP contribution in [0.2, 0.25) is 0 Å². The fraction of sp³-hybridized carbons (Fsp3) is 0.138. The Morgan fingerprint density at radius 1 is 0.886 bits per heavy atom. The van der Waals surface area contributed by atoms with Gasteiger partial charge in [0.25, 0.3) is 5.91 Å². The van der Waals surface area contributed by atoms with Crippen molar-refractivity contribution >= 4 is 23.3 Å². The third kappa shape index (κ3) is 5.22. The Morgan fingerprint density at radius 2 is 1.63 bits per heavy atom. The number of carbonyl (C=O) groups excluding carboxylic acids is 2. The summed E-state index contributed by atoms with van der Waals surface area (Å²) in [6.45, 7) is 2.92. The number of nitrogens with zero attached hydrogens (tertiary/aromatic N) is 2. The average molecular weight is 466 g/mol. The Balaban J connectivity index is 1.72. The predicted molar refractivity (Wildman–Crippen MR) is 140 cm³/mol. The lowest BCUT2D eigenvalue weighted by Crippen LogP contribution is -2.17. The quantitative estimate of drug-likeness (QED) is 0.344. The van der Waals surface area contributed by atoms with E-state index < -0.39 is 5.97 Å². The third-order valence-electron chi connectivity index (χ3n) is 5.88. The highest BCUT2D eigenvalue weighted by Gasteiger charge is 2.18. The van der Waals surface area contributed by atoms with Gasteiger partial charge in [-0.25, -0.2) is 4.79 Å². The van der Waals surface area contributed by atoms with Crippen molar-refractivity contribution in [1.29, 1.82) is 0 Å². The summed E-state index contributed by atoms with van der Waals surface area (Å²) >= 11 is 0. The summed E-state index contributed by atoms with van der Waals surface area (Å²) in [5.74, 6) is -0.890. The average Bonchev–Trinajstić information content (AvgIpc) is 2.92. The van der Waals surface area contributed by atoms with Crippen molar-refractivity contribution < 1.29 is 14.3 Å². The van der Waals surface area contributed by atoms with Crippen LogP contribution in [0.1, 0.15) is 27.6 Å². The van der Waals surface area contributed by atoms with Gasteiger partial charge >= 0.3 is 5.97 Å². The molecule has 3 aromatic carbocycles. The Morgan fingerprint density at radius 3 is 2.37 bits per heavy atom. The van der Waals surface area contributed by atoms with Crippen LogP contribution in [0, 0.1) is 0 Å². The first-order valence-corrected chi connectivity index (χ1v) is 11.4. The summed E-state index contributed by atoms with van der Waals surface area (Å²) in [6.07, 6.45) is 3.22. The van der Waals surface area contributed by atoms with Crippen LogP contribution in [0.5, 0.6) is 0 Å². The molecule has 0 unspecified atom stereocenters. The minimum atomic E-state index is -0.526. The van der Waals surface area contributed by atoms with Crippen molar-refractivity contribution in [2.45, 2.75) is 6.92 Å². The minimum Gasteiger partial charge on any atom is -0.465 e. The van der Waals surface area contributed by atoms with E-state index in [1.54, 1.807) is 24.4 Å². The van der Waals surface area contributed by atoms with Gasteiger partial charge in [-0.15, -0.1) is 0 Å². The van der Waals surface area contributed by atoms with E-state index in [2.05, 4.69) is 22.1 Å². The first kappa shape index (κ1) is 23.7. The van der Waals surface area contributed by atoms with Crippen molar-refractivity contribution in [3.63, 3.8) is 0 Å². The van der Waals surface area contributed by atoms with Crippen molar-refractivity contribution in [2.75, 3.05) is 30.9 Å². The molecule has 0 aliphatic rings. The van der Waals surface area contributed by atoms with Gasteiger partial charge in [0, 0.05) is 42.8 Å². The number of amides is 1. The van der Waals surface area contributed by atoms with E-state index in [4.69, 9.17) is 4.74 Å². The molecule has 0 fully saturated rings. The zero-order valence-electron chi connectivity index (χ0n) is 20.0.